The van der Waals surface area contributed by atoms with Crippen molar-refractivity contribution in [1.29, 1.82) is 0 Å². The molecular weight excluding hydrogens is 467 g/mol. The SMILES string of the molecule is CCOc1c(Cl)cc(C(=O)OCC(=O)N2CCN(c3ccc(C(C)=O)cc3F)CC2)cc1OC. The number of anilines is 1. The molecule has 1 heterocycles. The number of nitrogens with zero attached hydrogens (tertiary/aromatic N) is 2. The minimum absolute atomic E-state index is 0.132. The van der Waals surface area contributed by atoms with E-state index in [0.717, 1.165) is 0 Å². The molecule has 10 heteroatoms. The highest BCUT2D eigenvalue weighted by molar-refractivity contribution is 6.32. The summed E-state index contributed by atoms with van der Waals surface area (Å²) < 4.78 is 30.2. The van der Waals surface area contributed by atoms with Crippen LogP contribution < -0.4 is 14.4 Å². The summed E-state index contributed by atoms with van der Waals surface area (Å²) >= 11 is 6.18. The van der Waals surface area contributed by atoms with Gasteiger partial charge in [-0.3, -0.25) is 9.59 Å². The van der Waals surface area contributed by atoms with E-state index in [1.165, 1.54) is 32.2 Å². The number of benzene rings is 2. The quantitative estimate of drug-likeness (QED) is 0.411. The number of esters is 1. The number of ether oxygens (including phenoxy) is 3. The maximum absolute atomic E-state index is 14.4. The Balaban J connectivity index is 1.55. The van der Waals surface area contributed by atoms with Crippen LogP contribution in [0.4, 0.5) is 10.1 Å². The van der Waals surface area contributed by atoms with Crippen LogP contribution in [0.15, 0.2) is 30.3 Å². The summed E-state index contributed by atoms with van der Waals surface area (Å²) in [4.78, 5) is 39.8. The second-order valence-electron chi connectivity index (χ2n) is 7.59. The summed E-state index contributed by atoms with van der Waals surface area (Å²) in [5.41, 5.74) is 0.820. The molecule has 8 nitrogen and oxygen atoms in total. The zero-order valence-corrected chi connectivity index (χ0v) is 20.0. The minimum atomic E-state index is -0.720. The van der Waals surface area contributed by atoms with Gasteiger partial charge in [0.05, 0.1) is 30.0 Å². The van der Waals surface area contributed by atoms with Gasteiger partial charge in [0, 0.05) is 31.7 Å². The molecule has 0 bridgehead atoms. The fourth-order valence-electron chi connectivity index (χ4n) is 3.60. The molecule has 0 atom stereocenters. The van der Waals surface area contributed by atoms with Crippen molar-refractivity contribution in [2.24, 2.45) is 0 Å². The molecule has 0 saturated carbocycles. The number of rotatable bonds is 8. The molecule has 2 aromatic rings. The van der Waals surface area contributed by atoms with Gasteiger partial charge >= 0.3 is 5.97 Å². The van der Waals surface area contributed by atoms with Gasteiger partial charge in [-0.25, -0.2) is 9.18 Å². The Hall–Kier alpha value is -3.33. The molecule has 0 N–H and O–H groups in total. The number of halogens is 2. The van der Waals surface area contributed by atoms with Crippen LogP contribution in [-0.4, -0.2) is 69.1 Å². The minimum Gasteiger partial charge on any atom is -0.493 e. The van der Waals surface area contributed by atoms with Crippen molar-refractivity contribution in [2.45, 2.75) is 13.8 Å². The van der Waals surface area contributed by atoms with Gasteiger partial charge in [-0.05, 0) is 44.2 Å². The molecular formula is C24H26ClFN2O6. The summed E-state index contributed by atoms with van der Waals surface area (Å²) in [6, 6.07) is 7.21. The first kappa shape index (κ1) is 25.3. The van der Waals surface area contributed by atoms with Gasteiger partial charge in [-0.15, -0.1) is 0 Å². The van der Waals surface area contributed by atoms with Gasteiger partial charge < -0.3 is 24.0 Å². The van der Waals surface area contributed by atoms with E-state index < -0.39 is 18.4 Å². The third kappa shape index (κ3) is 5.77. The molecule has 1 aliphatic heterocycles. The lowest BCUT2D eigenvalue weighted by Crippen LogP contribution is -2.50. The van der Waals surface area contributed by atoms with Crippen LogP contribution in [0.5, 0.6) is 11.5 Å². The number of hydrogen-bond acceptors (Lipinski definition) is 7. The van der Waals surface area contributed by atoms with Gasteiger partial charge in [0.15, 0.2) is 23.9 Å². The van der Waals surface area contributed by atoms with E-state index >= 15 is 0 Å². The summed E-state index contributed by atoms with van der Waals surface area (Å²) in [5, 5.41) is 0.194. The van der Waals surface area contributed by atoms with Crippen molar-refractivity contribution in [1.82, 2.24) is 4.90 Å². The number of methoxy groups -OCH3 is 1. The molecule has 3 rings (SSSR count). The number of carbonyl (C=O) groups is 3. The normalized spacial score (nSPS) is 13.4. The predicted molar refractivity (Wildman–Crippen MR) is 125 cm³/mol. The van der Waals surface area contributed by atoms with Crippen LogP contribution in [-0.2, 0) is 9.53 Å². The Labute approximate surface area is 202 Å². The van der Waals surface area contributed by atoms with E-state index in [4.69, 9.17) is 25.8 Å². The van der Waals surface area contributed by atoms with Crippen molar-refractivity contribution < 1.29 is 33.0 Å². The highest BCUT2D eigenvalue weighted by Crippen LogP contribution is 2.36. The van der Waals surface area contributed by atoms with Gasteiger partial charge in [-0.1, -0.05) is 11.6 Å². The van der Waals surface area contributed by atoms with Crippen LogP contribution in [0.1, 0.15) is 34.6 Å². The standard InChI is InChI=1S/C24H26ClFN2O6/c1-4-33-23-18(25)11-17(13-21(23)32-3)24(31)34-14-22(30)28-9-7-27(8-10-28)20-6-5-16(15(2)29)12-19(20)26/h5-6,11-13H,4,7-10,14H2,1-3H3. The first-order valence-corrected chi connectivity index (χ1v) is 11.1. The Morgan fingerprint density at radius 1 is 1.06 bits per heavy atom. The van der Waals surface area contributed by atoms with Crippen molar-refractivity contribution in [3.63, 3.8) is 0 Å². The molecule has 1 saturated heterocycles. The summed E-state index contributed by atoms with van der Waals surface area (Å²) in [6.07, 6.45) is 0. The van der Waals surface area contributed by atoms with E-state index in [0.29, 0.717) is 49.8 Å². The third-order valence-electron chi connectivity index (χ3n) is 5.41. The van der Waals surface area contributed by atoms with E-state index in [1.54, 1.807) is 24.0 Å². The van der Waals surface area contributed by atoms with Crippen molar-refractivity contribution in [3.8, 4) is 11.5 Å². The number of ketones is 1. The smallest absolute Gasteiger partial charge is 0.338 e. The van der Waals surface area contributed by atoms with Gasteiger partial charge in [0.25, 0.3) is 5.91 Å². The van der Waals surface area contributed by atoms with Crippen molar-refractivity contribution >= 4 is 34.9 Å². The Morgan fingerprint density at radius 2 is 1.76 bits per heavy atom. The zero-order valence-electron chi connectivity index (χ0n) is 19.2. The van der Waals surface area contributed by atoms with Crippen LogP contribution >= 0.6 is 11.6 Å². The van der Waals surface area contributed by atoms with Crippen LogP contribution in [0.3, 0.4) is 0 Å². The molecule has 1 amide bonds. The third-order valence-corrected chi connectivity index (χ3v) is 5.69. The molecule has 2 aromatic carbocycles. The van der Waals surface area contributed by atoms with Crippen LogP contribution in [0, 0.1) is 5.82 Å². The number of amides is 1. The van der Waals surface area contributed by atoms with Crippen LogP contribution in [0.2, 0.25) is 5.02 Å². The molecule has 34 heavy (non-hydrogen) atoms. The maximum Gasteiger partial charge on any atom is 0.338 e. The fourth-order valence-corrected chi connectivity index (χ4v) is 3.87. The Kier molecular flexibility index (Phi) is 8.33. The molecule has 0 aromatic heterocycles. The number of piperazine rings is 1. The largest absolute Gasteiger partial charge is 0.493 e. The Morgan fingerprint density at radius 3 is 2.35 bits per heavy atom. The number of Topliss-reactive ketones (excluding diaryl/α,β-unsaturated/α-hetero) is 1. The summed E-state index contributed by atoms with van der Waals surface area (Å²) in [5.74, 6) is -1.16. The number of carbonyl (C=O) groups excluding carboxylic acids is 3. The second kappa shape index (κ2) is 11.2. The topological polar surface area (TPSA) is 85.4 Å². The van der Waals surface area contributed by atoms with Gasteiger partial charge in [0.2, 0.25) is 0 Å². The molecule has 1 aliphatic rings. The zero-order chi connectivity index (χ0) is 24.8. The summed E-state index contributed by atoms with van der Waals surface area (Å²) in [6.45, 7) is 4.60. The molecule has 0 unspecified atom stereocenters. The lowest BCUT2D eigenvalue weighted by molar-refractivity contribution is -0.134. The monoisotopic (exact) mass is 492 g/mol. The summed E-state index contributed by atoms with van der Waals surface area (Å²) in [7, 11) is 1.43. The van der Waals surface area contributed by atoms with E-state index in [1.807, 2.05) is 4.90 Å². The highest BCUT2D eigenvalue weighted by Gasteiger charge is 2.24. The molecule has 1 fully saturated rings. The fraction of sp³-hybridized carbons (Fsp3) is 0.375. The number of hydrogen-bond donors (Lipinski definition) is 0. The Bertz CT molecular complexity index is 1090. The predicted octanol–water partition coefficient (Wildman–Crippen LogP) is 3.59. The lowest BCUT2D eigenvalue weighted by atomic mass is 10.1. The van der Waals surface area contributed by atoms with E-state index in [-0.39, 0.29) is 28.0 Å². The molecule has 0 aliphatic carbocycles. The maximum atomic E-state index is 14.4. The molecule has 182 valence electrons. The average Bonchev–Trinajstić information content (AvgIpc) is 2.83. The first-order valence-electron chi connectivity index (χ1n) is 10.8. The first-order chi connectivity index (χ1) is 16.2. The second-order valence-corrected chi connectivity index (χ2v) is 8.00. The van der Waals surface area contributed by atoms with Crippen LogP contribution in [0.25, 0.3) is 0 Å². The van der Waals surface area contributed by atoms with Crippen molar-refractivity contribution in [2.75, 3.05) is 51.4 Å². The average molecular weight is 493 g/mol. The molecule has 0 radical (unpaired) electrons. The molecule has 0 spiro atoms. The highest BCUT2D eigenvalue weighted by atomic mass is 35.5. The lowest BCUT2D eigenvalue weighted by Gasteiger charge is -2.36. The van der Waals surface area contributed by atoms with Gasteiger partial charge in [-0.2, -0.15) is 0 Å². The van der Waals surface area contributed by atoms with Crippen molar-refractivity contribution in [3.05, 3.63) is 52.3 Å². The van der Waals surface area contributed by atoms with E-state index in [9.17, 15) is 18.8 Å². The van der Waals surface area contributed by atoms with Gasteiger partial charge in [0.1, 0.15) is 5.82 Å². The van der Waals surface area contributed by atoms with E-state index in [2.05, 4.69) is 0 Å².